The quantitative estimate of drug-likeness (QED) is 0.0169. The molecule has 0 amide bonds. The highest BCUT2D eigenvalue weighted by molar-refractivity contribution is 7.47. The van der Waals surface area contributed by atoms with Crippen LogP contribution in [0.3, 0.4) is 0 Å². The minimum atomic E-state index is -5.00. The molecule has 0 spiro atoms. The van der Waals surface area contributed by atoms with E-state index in [2.05, 4.69) is 143 Å². The van der Waals surface area contributed by atoms with Crippen molar-refractivity contribution in [3.8, 4) is 0 Å². The first-order chi connectivity index (χ1) is 48.7. The maximum atomic E-state index is 13.1. The zero-order chi connectivity index (χ0) is 73.2. The van der Waals surface area contributed by atoms with Crippen LogP contribution in [-0.4, -0.2) is 96.7 Å². The van der Waals surface area contributed by atoms with E-state index >= 15 is 0 Å². The number of carbonyl (C=O) groups is 4. The zero-order valence-electron chi connectivity index (χ0n) is 62.3. The number of carbonyl (C=O) groups excluding carboxylic acids is 4. The van der Waals surface area contributed by atoms with Crippen LogP contribution in [0.4, 0.5) is 0 Å². The molecule has 0 saturated heterocycles. The van der Waals surface area contributed by atoms with Gasteiger partial charge in [0.15, 0.2) is 12.2 Å². The molecule has 0 aromatic heterocycles. The minimum absolute atomic E-state index is 0.0303. The molecule has 17 nitrogen and oxygen atoms in total. The third-order valence-corrected chi connectivity index (χ3v) is 17.5. The average molecular weight is 1440 g/mol. The molecular formula is C81H136O17P2. The number of ether oxygens (including phenoxy) is 4. The molecule has 0 aliphatic rings. The fourth-order valence-corrected chi connectivity index (χ4v) is 11.4. The van der Waals surface area contributed by atoms with Gasteiger partial charge in [0.25, 0.3) is 0 Å². The first kappa shape index (κ1) is 95.2. The highest BCUT2D eigenvalue weighted by atomic mass is 31.2. The molecule has 19 heteroatoms. The molecule has 0 aromatic rings. The third kappa shape index (κ3) is 71.6. The van der Waals surface area contributed by atoms with E-state index in [1.165, 1.54) is 57.8 Å². The summed E-state index contributed by atoms with van der Waals surface area (Å²) in [6.45, 7) is 4.49. The molecule has 572 valence electrons. The molecular weight excluding hydrogens is 1310 g/mol. The van der Waals surface area contributed by atoms with Crippen LogP contribution in [0, 0.1) is 0 Å². The Balaban J connectivity index is 5.42. The Morgan fingerprint density at radius 2 is 0.540 bits per heavy atom. The summed E-state index contributed by atoms with van der Waals surface area (Å²) in [5, 5.41) is 10.6. The predicted molar refractivity (Wildman–Crippen MR) is 408 cm³/mol. The standard InChI is InChI=1S/C81H136O17P2/c1-5-9-13-17-21-25-29-32-35-36-37-38-41-43-47-50-54-58-62-66-79(84)92-72-77(98-81(86)68-64-60-56-52-48-44-40-34-31-27-23-19-15-11-7-3)74-96-100(89,90)94-70-75(82)69-93-99(87,88)95-73-76(97-80(85)67-63-59-55-51-45-28-24-20-16-12-8-4)71-91-78(83)65-61-57-53-49-46-42-39-33-30-26-22-18-14-10-6-2/h9-10,13-14,21-23,25-27,32-35,37-40,43,47,54,58,75-77,82H,5-8,11-12,15-20,24,28-31,36,41-42,44-46,48-53,55-57,59-74H2,1-4H3,(H,87,88)(H,89,90)/b13-9-,14-10-,25-21-,26-22-,27-23-,35-32-,38-37-,39-33-,40-34-,47-43-,58-54-. The van der Waals surface area contributed by atoms with Gasteiger partial charge in [-0.1, -0.05) is 277 Å². The minimum Gasteiger partial charge on any atom is -0.462 e. The number of hydrogen-bond acceptors (Lipinski definition) is 15. The highest BCUT2D eigenvalue weighted by Crippen LogP contribution is 2.45. The number of aliphatic hydroxyl groups is 1. The summed E-state index contributed by atoms with van der Waals surface area (Å²) < 4.78 is 68.4. The molecule has 0 aliphatic heterocycles. The van der Waals surface area contributed by atoms with Gasteiger partial charge in [-0.05, 0) is 128 Å². The largest absolute Gasteiger partial charge is 0.472 e. The zero-order valence-corrected chi connectivity index (χ0v) is 64.1. The van der Waals surface area contributed by atoms with Crippen molar-refractivity contribution in [2.75, 3.05) is 39.6 Å². The number of phosphoric ester groups is 2. The van der Waals surface area contributed by atoms with Gasteiger partial charge in [-0.3, -0.25) is 37.3 Å². The Morgan fingerprint density at radius 3 is 0.880 bits per heavy atom. The Hall–Kier alpha value is -4.80. The van der Waals surface area contributed by atoms with Crippen LogP contribution in [0.15, 0.2) is 134 Å². The van der Waals surface area contributed by atoms with Crippen LogP contribution in [0.1, 0.15) is 297 Å². The number of aliphatic hydroxyl groups excluding tert-OH is 1. The summed E-state index contributed by atoms with van der Waals surface area (Å²) in [5.41, 5.74) is 0. The lowest BCUT2D eigenvalue weighted by Gasteiger charge is -2.21. The Bertz CT molecular complexity index is 2420. The van der Waals surface area contributed by atoms with E-state index in [0.29, 0.717) is 32.1 Å². The van der Waals surface area contributed by atoms with Crippen molar-refractivity contribution in [2.24, 2.45) is 0 Å². The number of rotatable bonds is 71. The van der Waals surface area contributed by atoms with E-state index in [9.17, 15) is 43.2 Å². The summed E-state index contributed by atoms with van der Waals surface area (Å²) in [6, 6.07) is 0. The predicted octanol–water partition coefficient (Wildman–Crippen LogP) is 22.1. The molecule has 100 heavy (non-hydrogen) atoms. The van der Waals surface area contributed by atoms with Crippen LogP contribution in [0.2, 0.25) is 0 Å². The third-order valence-electron chi connectivity index (χ3n) is 15.6. The Kier molecular flexibility index (Phi) is 69.1. The van der Waals surface area contributed by atoms with Gasteiger partial charge in [0, 0.05) is 25.7 Å². The number of esters is 4. The molecule has 0 saturated carbocycles. The van der Waals surface area contributed by atoms with E-state index in [4.69, 9.17) is 37.0 Å². The van der Waals surface area contributed by atoms with Crippen molar-refractivity contribution < 1.29 is 80.2 Å². The Labute approximate surface area is 605 Å². The van der Waals surface area contributed by atoms with Crippen LogP contribution < -0.4 is 0 Å². The molecule has 3 N–H and O–H groups in total. The van der Waals surface area contributed by atoms with Crippen molar-refractivity contribution in [3.63, 3.8) is 0 Å². The molecule has 0 aromatic carbocycles. The van der Waals surface area contributed by atoms with Gasteiger partial charge in [-0.25, -0.2) is 9.13 Å². The van der Waals surface area contributed by atoms with Gasteiger partial charge in [-0.15, -0.1) is 0 Å². The molecule has 5 atom stereocenters. The van der Waals surface area contributed by atoms with Crippen molar-refractivity contribution in [1.29, 1.82) is 0 Å². The highest BCUT2D eigenvalue weighted by Gasteiger charge is 2.30. The van der Waals surface area contributed by atoms with Gasteiger partial charge in [0.2, 0.25) is 0 Å². The summed E-state index contributed by atoms with van der Waals surface area (Å²) in [4.78, 5) is 72.8. The maximum Gasteiger partial charge on any atom is 0.472 e. The lowest BCUT2D eigenvalue weighted by atomic mass is 10.1. The first-order valence-electron chi connectivity index (χ1n) is 38.4. The van der Waals surface area contributed by atoms with E-state index in [0.717, 1.165) is 154 Å². The first-order valence-corrected chi connectivity index (χ1v) is 41.4. The monoisotopic (exact) mass is 1440 g/mol. The topological polar surface area (TPSA) is 237 Å². The van der Waals surface area contributed by atoms with Crippen LogP contribution in [0.25, 0.3) is 0 Å². The molecule has 0 aliphatic carbocycles. The van der Waals surface area contributed by atoms with Crippen molar-refractivity contribution in [1.82, 2.24) is 0 Å². The molecule has 0 fully saturated rings. The van der Waals surface area contributed by atoms with Crippen LogP contribution in [-0.2, 0) is 65.4 Å². The van der Waals surface area contributed by atoms with Crippen molar-refractivity contribution in [3.05, 3.63) is 134 Å². The van der Waals surface area contributed by atoms with E-state index in [-0.39, 0.29) is 25.7 Å². The van der Waals surface area contributed by atoms with Crippen molar-refractivity contribution in [2.45, 2.75) is 316 Å². The van der Waals surface area contributed by atoms with Crippen LogP contribution in [0.5, 0.6) is 0 Å². The summed E-state index contributed by atoms with van der Waals surface area (Å²) in [5.74, 6) is -2.31. The van der Waals surface area contributed by atoms with Gasteiger partial charge in [0.05, 0.1) is 26.4 Å². The lowest BCUT2D eigenvalue weighted by molar-refractivity contribution is -0.161. The van der Waals surface area contributed by atoms with Crippen molar-refractivity contribution >= 4 is 39.5 Å². The second kappa shape index (κ2) is 72.5. The summed E-state index contributed by atoms with van der Waals surface area (Å²) in [7, 11) is -9.98. The number of unbranched alkanes of at least 4 members (excludes halogenated alkanes) is 23. The summed E-state index contributed by atoms with van der Waals surface area (Å²) >= 11 is 0. The molecule has 0 heterocycles. The van der Waals surface area contributed by atoms with Gasteiger partial charge >= 0.3 is 39.5 Å². The molecule has 5 unspecified atom stereocenters. The number of allylic oxidation sites excluding steroid dienone is 22. The van der Waals surface area contributed by atoms with Gasteiger partial charge in [0.1, 0.15) is 19.3 Å². The second-order valence-corrected chi connectivity index (χ2v) is 28.1. The fraction of sp³-hybridized carbons (Fsp3) is 0.679. The van der Waals surface area contributed by atoms with E-state index in [1.807, 2.05) is 18.2 Å². The SMILES string of the molecule is CC/C=C\C/C=C\C/C=C\C/C=C\C/C=C\C/C=C\CCC(=O)OCC(COP(=O)(O)OCC(O)COP(=O)(O)OCC(COC(=O)CCCCCCC/C=C\C/C=C\C/C=C\CC)OC(=O)CCCCCCCCCCCCC)OC(=O)CCCCCCC/C=C\C/C=C\CCCCC. The van der Waals surface area contributed by atoms with E-state index in [1.54, 1.807) is 0 Å². The maximum absolute atomic E-state index is 13.1. The fourth-order valence-electron chi connectivity index (χ4n) is 9.82. The second-order valence-electron chi connectivity index (χ2n) is 25.2. The number of phosphoric acid groups is 2. The average Bonchev–Trinajstić information content (AvgIpc) is 0.985. The lowest BCUT2D eigenvalue weighted by Crippen LogP contribution is -2.30. The smallest absolute Gasteiger partial charge is 0.462 e. The Morgan fingerprint density at radius 1 is 0.290 bits per heavy atom. The molecule has 0 radical (unpaired) electrons. The van der Waals surface area contributed by atoms with Gasteiger partial charge in [-0.2, -0.15) is 0 Å². The van der Waals surface area contributed by atoms with Crippen LogP contribution >= 0.6 is 15.6 Å². The summed E-state index contributed by atoms with van der Waals surface area (Å²) in [6.07, 6.45) is 80.3. The molecule has 0 rings (SSSR count). The molecule has 0 bridgehead atoms. The van der Waals surface area contributed by atoms with E-state index < -0.39 is 97.5 Å². The normalized spacial score (nSPS) is 14.7. The van der Waals surface area contributed by atoms with Gasteiger partial charge < -0.3 is 33.8 Å². The number of hydrogen-bond donors (Lipinski definition) is 3.